The standard InChI is InChI=1S/C29H46O2/c1-21-8-6-19-29(5)26(22(2)9-7-18-28(3,4)31)16-17-27(29)24-13-11-23(12-14-24)20-25(30)15-10-21/h8,11-14,22,25-27,30-31H,6-7,9-10,15-20H2,1-5H3/b21-8-/t22-,25+,26-,27?,29-/m1/s1. The van der Waals surface area contributed by atoms with E-state index >= 15 is 0 Å². The molecule has 0 radical (unpaired) electrons. The zero-order valence-corrected chi connectivity index (χ0v) is 20.7. The van der Waals surface area contributed by atoms with E-state index in [-0.39, 0.29) is 6.10 Å². The Balaban J connectivity index is 1.83. The minimum atomic E-state index is -0.552. The fourth-order valence-corrected chi connectivity index (χ4v) is 6.55. The van der Waals surface area contributed by atoms with Crippen LogP contribution in [0, 0.1) is 17.3 Å². The Labute approximate surface area is 191 Å². The number of fused-ring (bicyclic) bond motifs is 8. The van der Waals surface area contributed by atoms with Crippen LogP contribution in [0.15, 0.2) is 35.9 Å². The van der Waals surface area contributed by atoms with Gasteiger partial charge in [-0.2, -0.15) is 0 Å². The minimum Gasteiger partial charge on any atom is -0.393 e. The van der Waals surface area contributed by atoms with Gasteiger partial charge in [0.05, 0.1) is 11.7 Å². The van der Waals surface area contributed by atoms with Crippen molar-refractivity contribution in [2.75, 3.05) is 0 Å². The van der Waals surface area contributed by atoms with Crippen LogP contribution < -0.4 is 0 Å². The van der Waals surface area contributed by atoms with Crippen molar-refractivity contribution in [2.24, 2.45) is 17.3 Å². The quantitative estimate of drug-likeness (QED) is 0.489. The van der Waals surface area contributed by atoms with Crippen LogP contribution in [0.4, 0.5) is 0 Å². The van der Waals surface area contributed by atoms with E-state index in [0.29, 0.717) is 17.3 Å². The zero-order chi connectivity index (χ0) is 22.6. The van der Waals surface area contributed by atoms with Crippen LogP contribution in [0.5, 0.6) is 0 Å². The lowest BCUT2D eigenvalue weighted by molar-refractivity contribution is 0.0627. The predicted octanol–water partition coefficient (Wildman–Crippen LogP) is 7.19. The Morgan fingerprint density at radius 3 is 2.52 bits per heavy atom. The number of hydrogen-bond donors (Lipinski definition) is 2. The average Bonchev–Trinajstić information content (AvgIpc) is 3.02. The third-order valence-corrected chi connectivity index (χ3v) is 8.45. The van der Waals surface area contributed by atoms with Crippen LogP contribution in [-0.2, 0) is 6.42 Å². The van der Waals surface area contributed by atoms with Crippen LogP contribution in [0.1, 0.15) is 109 Å². The third-order valence-electron chi connectivity index (χ3n) is 8.45. The highest BCUT2D eigenvalue weighted by molar-refractivity contribution is 5.29. The van der Waals surface area contributed by atoms with E-state index < -0.39 is 5.60 Å². The third kappa shape index (κ3) is 6.45. The highest BCUT2D eigenvalue weighted by atomic mass is 16.3. The van der Waals surface area contributed by atoms with Crippen LogP contribution in [0.25, 0.3) is 0 Å². The summed E-state index contributed by atoms with van der Waals surface area (Å²) in [5.74, 6) is 2.04. The molecule has 2 N–H and O–H groups in total. The summed E-state index contributed by atoms with van der Waals surface area (Å²) in [7, 11) is 0. The van der Waals surface area contributed by atoms with Gasteiger partial charge in [0.25, 0.3) is 0 Å². The van der Waals surface area contributed by atoms with Crippen molar-refractivity contribution in [3.63, 3.8) is 0 Å². The Kier molecular flexibility index (Phi) is 8.08. The second-order valence-corrected chi connectivity index (χ2v) is 11.7. The second-order valence-electron chi connectivity index (χ2n) is 11.7. The summed E-state index contributed by atoms with van der Waals surface area (Å²) in [4.78, 5) is 0. The first kappa shape index (κ1) is 24.5. The van der Waals surface area contributed by atoms with Crippen LogP contribution in [0.3, 0.4) is 0 Å². The molecule has 0 aliphatic heterocycles. The van der Waals surface area contributed by atoms with Crippen molar-refractivity contribution in [3.8, 4) is 0 Å². The molecule has 174 valence electrons. The van der Waals surface area contributed by atoms with Crippen LogP contribution in [-0.4, -0.2) is 21.9 Å². The molecule has 2 heteroatoms. The summed E-state index contributed by atoms with van der Waals surface area (Å²) in [6.07, 6.45) is 13.0. The minimum absolute atomic E-state index is 0.247. The zero-order valence-electron chi connectivity index (χ0n) is 20.7. The molecular weight excluding hydrogens is 380 g/mol. The first-order chi connectivity index (χ1) is 14.6. The lowest BCUT2D eigenvalue weighted by atomic mass is 9.64. The van der Waals surface area contributed by atoms with E-state index in [1.807, 2.05) is 13.8 Å². The van der Waals surface area contributed by atoms with Gasteiger partial charge in [0.1, 0.15) is 0 Å². The predicted molar refractivity (Wildman–Crippen MR) is 131 cm³/mol. The molecule has 1 fully saturated rings. The number of rotatable bonds is 5. The molecule has 1 aromatic carbocycles. The SMILES string of the molecule is C/C1=C/CC[C@@]2(C)C(CC[C@@H]2[C@H](C)CCCC(C)(C)O)c2ccc(cc2)C[C@@H](O)CC1. The average molecular weight is 427 g/mol. The molecule has 4 rings (SSSR count). The molecule has 0 amide bonds. The number of aliphatic hydroxyl groups excluding tert-OH is 1. The summed E-state index contributed by atoms with van der Waals surface area (Å²) in [5.41, 5.74) is 3.94. The fraction of sp³-hybridized carbons (Fsp3) is 0.724. The molecule has 3 aliphatic rings. The molecule has 31 heavy (non-hydrogen) atoms. The van der Waals surface area contributed by atoms with Crippen LogP contribution >= 0.6 is 0 Å². The van der Waals surface area contributed by atoms with Gasteiger partial charge in [-0.05, 0) is 106 Å². The van der Waals surface area contributed by atoms with Gasteiger partial charge in [-0.1, -0.05) is 62.6 Å². The molecular formula is C29H46O2. The van der Waals surface area contributed by atoms with E-state index in [9.17, 15) is 10.2 Å². The molecule has 0 spiro atoms. The molecule has 1 unspecified atom stereocenters. The highest BCUT2D eigenvalue weighted by Crippen LogP contribution is 2.58. The molecule has 0 aromatic heterocycles. The summed E-state index contributed by atoms with van der Waals surface area (Å²) in [6, 6.07) is 9.21. The molecule has 0 saturated heterocycles. The van der Waals surface area contributed by atoms with Crippen molar-refractivity contribution < 1.29 is 10.2 Å². The van der Waals surface area contributed by atoms with Crippen molar-refractivity contribution >= 4 is 0 Å². The van der Waals surface area contributed by atoms with Crippen molar-refractivity contribution in [1.82, 2.24) is 0 Å². The normalized spacial score (nSPS) is 32.7. The highest BCUT2D eigenvalue weighted by Gasteiger charge is 2.48. The maximum atomic E-state index is 10.4. The first-order valence-electron chi connectivity index (χ1n) is 12.7. The number of allylic oxidation sites excluding steroid dienone is 2. The second kappa shape index (κ2) is 10.2. The van der Waals surface area contributed by atoms with Gasteiger partial charge in [-0.3, -0.25) is 0 Å². The van der Waals surface area contributed by atoms with Gasteiger partial charge in [-0.25, -0.2) is 0 Å². The molecule has 1 aromatic rings. The molecule has 3 aliphatic carbocycles. The van der Waals surface area contributed by atoms with Gasteiger partial charge in [0.15, 0.2) is 0 Å². The Morgan fingerprint density at radius 1 is 1.13 bits per heavy atom. The molecule has 5 atom stereocenters. The lowest BCUT2D eigenvalue weighted by Crippen LogP contribution is -2.32. The fourth-order valence-electron chi connectivity index (χ4n) is 6.55. The van der Waals surface area contributed by atoms with Gasteiger partial charge in [0, 0.05) is 0 Å². The van der Waals surface area contributed by atoms with Gasteiger partial charge in [0.2, 0.25) is 0 Å². The van der Waals surface area contributed by atoms with Gasteiger partial charge < -0.3 is 10.2 Å². The van der Waals surface area contributed by atoms with E-state index in [4.69, 9.17) is 0 Å². The molecule has 2 bridgehead atoms. The van der Waals surface area contributed by atoms with Crippen molar-refractivity contribution in [2.45, 2.75) is 116 Å². The Morgan fingerprint density at radius 2 is 1.84 bits per heavy atom. The van der Waals surface area contributed by atoms with E-state index in [1.165, 1.54) is 42.4 Å². The maximum absolute atomic E-state index is 10.4. The summed E-state index contributed by atoms with van der Waals surface area (Å²) in [5, 5.41) is 20.5. The van der Waals surface area contributed by atoms with Crippen molar-refractivity contribution in [3.05, 3.63) is 47.0 Å². The maximum Gasteiger partial charge on any atom is 0.0591 e. The molecule has 1 saturated carbocycles. The number of benzene rings is 1. The van der Waals surface area contributed by atoms with E-state index in [0.717, 1.165) is 44.4 Å². The molecule has 2 nitrogen and oxygen atoms in total. The van der Waals surface area contributed by atoms with Crippen molar-refractivity contribution in [1.29, 1.82) is 0 Å². The Bertz CT molecular complexity index is 726. The van der Waals surface area contributed by atoms with Gasteiger partial charge in [-0.15, -0.1) is 0 Å². The molecule has 0 heterocycles. The summed E-state index contributed by atoms with van der Waals surface area (Å²) in [6.45, 7) is 11.1. The topological polar surface area (TPSA) is 40.5 Å². The largest absolute Gasteiger partial charge is 0.393 e. The Hall–Kier alpha value is -1.12. The summed E-state index contributed by atoms with van der Waals surface area (Å²) < 4.78 is 0. The van der Waals surface area contributed by atoms with Gasteiger partial charge >= 0.3 is 0 Å². The van der Waals surface area contributed by atoms with E-state index in [1.54, 1.807) is 0 Å². The lowest BCUT2D eigenvalue weighted by Gasteiger charge is -2.41. The van der Waals surface area contributed by atoms with Crippen LogP contribution in [0.2, 0.25) is 0 Å². The monoisotopic (exact) mass is 426 g/mol. The number of aliphatic hydroxyl groups is 2. The summed E-state index contributed by atoms with van der Waals surface area (Å²) >= 11 is 0. The first-order valence-corrected chi connectivity index (χ1v) is 12.7. The van der Waals surface area contributed by atoms with E-state index in [2.05, 4.69) is 51.1 Å². The smallest absolute Gasteiger partial charge is 0.0591 e. The number of hydrogen-bond acceptors (Lipinski definition) is 2.